The Hall–Kier alpha value is -1.88. The van der Waals surface area contributed by atoms with E-state index in [-0.39, 0.29) is 17.9 Å². The molecule has 0 heterocycles. The number of nitrogens with one attached hydrogen (secondary N) is 2. The molecule has 0 aliphatic rings. The minimum Gasteiger partial charge on any atom is -0.356 e. The van der Waals surface area contributed by atoms with Crippen LogP contribution in [0, 0.1) is 0 Å². The van der Waals surface area contributed by atoms with Gasteiger partial charge in [-0.15, -0.1) is 0 Å². The van der Waals surface area contributed by atoms with E-state index in [9.17, 15) is 9.59 Å². The van der Waals surface area contributed by atoms with Gasteiger partial charge in [0.2, 0.25) is 11.8 Å². The summed E-state index contributed by atoms with van der Waals surface area (Å²) in [4.78, 5) is 24.8. The highest BCUT2D eigenvalue weighted by atomic mass is 16.2. The number of amides is 2. The van der Waals surface area contributed by atoms with E-state index in [1.807, 2.05) is 49.3 Å². The summed E-state index contributed by atoms with van der Waals surface area (Å²) in [6, 6.07) is 9.38. The monoisotopic (exact) mass is 277 g/mol. The Bertz CT molecular complexity index is 432. The largest absolute Gasteiger partial charge is 0.356 e. The van der Waals surface area contributed by atoms with E-state index >= 15 is 0 Å². The molecule has 5 heteroatoms. The lowest BCUT2D eigenvalue weighted by molar-refractivity contribution is -0.125. The molecule has 5 nitrogen and oxygen atoms in total. The zero-order chi connectivity index (χ0) is 15.0. The third-order valence-corrected chi connectivity index (χ3v) is 2.91. The Balaban J connectivity index is 2.48. The summed E-state index contributed by atoms with van der Waals surface area (Å²) < 4.78 is 0. The molecule has 1 rings (SSSR count). The Morgan fingerprint density at radius 3 is 2.25 bits per heavy atom. The average molecular weight is 277 g/mol. The third-order valence-electron chi connectivity index (χ3n) is 2.91. The Kier molecular flexibility index (Phi) is 6.73. The van der Waals surface area contributed by atoms with Gasteiger partial charge in [-0.3, -0.25) is 14.5 Å². The molecule has 0 aliphatic carbocycles. The van der Waals surface area contributed by atoms with Crippen molar-refractivity contribution in [2.24, 2.45) is 0 Å². The van der Waals surface area contributed by atoms with Crippen molar-refractivity contribution in [1.29, 1.82) is 0 Å². The lowest BCUT2D eigenvalue weighted by Gasteiger charge is -2.23. The van der Waals surface area contributed by atoms with E-state index in [2.05, 4.69) is 10.6 Å². The normalized spacial score (nSPS) is 12.0. The molecule has 0 radical (unpaired) electrons. The Labute approximate surface area is 120 Å². The molecule has 0 saturated heterocycles. The highest BCUT2D eigenvalue weighted by molar-refractivity contribution is 5.83. The Morgan fingerprint density at radius 2 is 1.70 bits per heavy atom. The summed E-state index contributed by atoms with van der Waals surface area (Å²) in [7, 11) is 3.77. The van der Waals surface area contributed by atoms with Gasteiger partial charge < -0.3 is 10.6 Å². The van der Waals surface area contributed by atoms with Gasteiger partial charge >= 0.3 is 0 Å². The quantitative estimate of drug-likeness (QED) is 0.729. The molecule has 1 aromatic carbocycles. The maximum atomic E-state index is 12.2. The van der Waals surface area contributed by atoms with Crippen LogP contribution < -0.4 is 10.6 Å². The molecule has 0 saturated carbocycles. The number of nitrogens with zero attached hydrogens (tertiary/aromatic N) is 1. The molecule has 20 heavy (non-hydrogen) atoms. The smallest absolute Gasteiger partial charge is 0.241 e. The van der Waals surface area contributed by atoms with Gasteiger partial charge in [0, 0.05) is 20.0 Å². The standard InChI is InChI=1S/C15H23N3O2/c1-12(19)16-10-7-11-17-15(20)14(18(2)3)13-8-5-4-6-9-13/h4-6,8-9,14H,7,10-11H2,1-3H3,(H,16,19)(H,17,20). The molecule has 1 unspecified atom stereocenters. The van der Waals surface area contributed by atoms with Crippen molar-refractivity contribution in [3.8, 4) is 0 Å². The molecule has 110 valence electrons. The second kappa shape index (κ2) is 8.32. The summed E-state index contributed by atoms with van der Waals surface area (Å²) in [6.45, 7) is 2.61. The number of likely N-dealkylation sites (N-methyl/N-ethyl adjacent to an activating group) is 1. The molecule has 0 bridgehead atoms. The van der Waals surface area contributed by atoms with Gasteiger partial charge in [0.25, 0.3) is 0 Å². The van der Waals surface area contributed by atoms with Gasteiger partial charge in [-0.05, 0) is 26.1 Å². The summed E-state index contributed by atoms with van der Waals surface area (Å²) in [5.74, 6) is -0.0733. The number of benzene rings is 1. The predicted molar refractivity (Wildman–Crippen MR) is 79.2 cm³/mol. The lowest BCUT2D eigenvalue weighted by atomic mass is 10.1. The van der Waals surface area contributed by atoms with Gasteiger partial charge in [-0.25, -0.2) is 0 Å². The molecular formula is C15H23N3O2. The van der Waals surface area contributed by atoms with Crippen LogP contribution in [0.5, 0.6) is 0 Å². The van der Waals surface area contributed by atoms with Crippen molar-refractivity contribution in [2.75, 3.05) is 27.2 Å². The van der Waals surface area contributed by atoms with Crippen LogP contribution in [0.1, 0.15) is 24.9 Å². The maximum absolute atomic E-state index is 12.2. The van der Waals surface area contributed by atoms with E-state index in [0.29, 0.717) is 13.1 Å². The first kappa shape index (κ1) is 16.2. The third kappa shape index (κ3) is 5.40. The topological polar surface area (TPSA) is 61.4 Å². The zero-order valence-electron chi connectivity index (χ0n) is 12.3. The van der Waals surface area contributed by atoms with E-state index in [1.54, 1.807) is 0 Å². The van der Waals surface area contributed by atoms with E-state index in [1.165, 1.54) is 6.92 Å². The Morgan fingerprint density at radius 1 is 1.10 bits per heavy atom. The minimum absolute atomic E-state index is 0.0241. The summed E-state index contributed by atoms with van der Waals surface area (Å²) in [5.41, 5.74) is 0.969. The molecule has 0 aromatic heterocycles. The molecule has 0 aliphatic heterocycles. The molecule has 2 N–H and O–H groups in total. The number of carbonyl (C=O) groups excluding carboxylic acids is 2. The minimum atomic E-state index is -0.294. The first-order valence-corrected chi connectivity index (χ1v) is 6.76. The van der Waals surface area contributed by atoms with Gasteiger partial charge in [-0.2, -0.15) is 0 Å². The highest BCUT2D eigenvalue weighted by Gasteiger charge is 2.21. The van der Waals surface area contributed by atoms with Crippen LogP contribution in [-0.2, 0) is 9.59 Å². The second-order valence-corrected chi connectivity index (χ2v) is 4.90. The predicted octanol–water partition coefficient (Wildman–Crippen LogP) is 0.932. The fourth-order valence-electron chi connectivity index (χ4n) is 1.98. The summed E-state index contributed by atoms with van der Waals surface area (Å²) in [6.07, 6.45) is 0.722. The van der Waals surface area contributed by atoms with Crippen LogP contribution in [-0.4, -0.2) is 43.9 Å². The summed E-state index contributed by atoms with van der Waals surface area (Å²) >= 11 is 0. The van der Waals surface area contributed by atoms with Gasteiger partial charge in [0.05, 0.1) is 0 Å². The van der Waals surface area contributed by atoms with Crippen LogP contribution in [0.3, 0.4) is 0 Å². The van der Waals surface area contributed by atoms with Crippen LogP contribution in [0.15, 0.2) is 30.3 Å². The molecular weight excluding hydrogens is 254 g/mol. The maximum Gasteiger partial charge on any atom is 0.241 e. The van der Waals surface area contributed by atoms with Crippen LogP contribution >= 0.6 is 0 Å². The summed E-state index contributed by atoms with van der Waals surface area (Å²) in [5, 5.41) is 5.61. The number of carbonyl (C=O) groups is 2. The van der Waals surface area contributed by atoms with Crippen LogP contribution in [0.4, 0.5) is 0 Å². The SMILES string of the molecule is CC(=O)NCCCNC(=O)C(c1ccccc1)N(C)C. The first-order chi connectivity index (χ1) is 9.52. The number of hydrogen-bond acceptors (Lipinski definition) is 3. The number of hydrogen-bond donors (Lipinski definition) is 2. The van der Waals surface area contributed by atoms with E-state index in [0.717, 1.165) is 12.0 Å². The highest BCUT2D eigenvalue weighted by Crippen LogP contribution is 2.17. The molecule has 0 fully saturated rings. The lowest BCUT2D eigenvalue weighted by Crippen LogP contribution is -2.38. The van der Waals surface area contributed by atoms with Gasteiger partial charge in [-0.1, -0.05) is 30.3 Å². The zero-order valence-corrected chi connectivity index (χ0v) is 12.3. The van der Waals surface area contributed by atoms with Crippen molar-refractivity contribution in [3.63, 3.8) is 0 Å². The van der Waals surface area contributed by atoms with Crippen molar-refractivity contribution in [3.05, 3.63) is 35.9 Å². The molecule has 1 atom stereocenters. The van der Waals surface area contributed by atoms with Gasteiger partial charge in [0.1, 0.15) is 6.04 Å². The molecule has 0 spiro atoms. The van der Waals surface area contributed by atoms with Crippen molar-refractivity contribution in [1.82, 2.24) is 15.5 Å². The van der Waals surface area contributed by atoms with Crippen molar-refractivity contribution < 1.29 is 9.59 Å². The van der Waals surface area contributed by atoms with Crippen molar-refractivity contribution >= 4 is 11.8 Å². The van der Waals surface area contributed by atoms with E-state index < -0.39 is 0 Å². The van der Waals surface area contributed by atoms with Crippen LogP contribution in [0.2, 0.25) is 0 Å². The average Bonchev–Trinajstić information content (AvgIpc) is 2.39. The van der Waals surface area contributed by atoms with Crippen LogP contribution in [0.25, 0.3) is 0 Å². The fourth-order valence-corrected chi connectivity index (χ4v) is 1.98. The number of rotatable bonds is 7. The second-order valence-electron chi connectivity index (χ2n) is 4.90. The van der Waals surface area contributed by atoms with Gasteiger partial charge in [0.15, 0.2) is 0 Å². The molecule has 2 amide bonds. The fraction of sp³-hybridized carbons (Fsp3) is 0.467. The van der Waals surface area contributed by atoms with E-state index in [4.69, 9.17) is 0 Å². The first-order valence-electron chi connectivity index (χ1n) is 6.76. The van der Waals surface area contributed by atoms with Crippen molar-refractivity contribution in [2.45, 2.75) is 19.4 Å². The molecule has 1 aromatic rings.